The number of rotatable bonds is 7. The summed E-state index contributed by atoms with van der Waals surface area (Å²) in [5.41, 5.74) is 5.11. The Morgan fingerprint density at radius 3 is 2.20 bits per heavy atom. The fraction of sp³-hybridized carbons (Fsp3) is 0.222. The molecule has 0 heterocycles. The van der Waals surface area contributed by atoms with Crippen molar-refractivity contribution < 1.29 is 24.2 Å². The van der Waals surface area contributed by atoms with Crippen LogP contribution in [-0.2, 0) is 9.53 Å². The van der Waals surface area contributed by atoms with Gasteiger partial charge in [0, 0.05) is 23.0 Å². The molecule has 1 unspecified atom stereocenters. The average molecular weight is 537 g/mol. The molecule has 3 aromatic carbocycles. The highest BCUT2D eigenvalue weighted by molar-refractivity contribution is 9.10. The van der Waals surface area contributed by atoms with E-state index in [9.17, 15) is 19.5 Å². The molecule has 0 aromatic heterocycles. The second-order valence-corrected chi connectivity index (χ2v) is 9.18. The van der Waals surface area contributed by atoms with Crippen molar-refractivity contribution >= 4 is 39.6 Å². The molecule has 35 heavy (non-hydrogen) atoms. The van der Waals surface area contributed by atoms with Crippen LogP contribution in [0.5, 0.6) is 0 Å². The lowest BCUT2D eigenvalue weighted by Crippen LogP contribution is -2.42. The molecule has 1 aliphatic rings. The maximum atomic E-state index is 12.8. The van der Waals surface area contributed by atoms with E-state index in [1.54, 1.807) is 19.1 Å². The third kappa shape index (κ3) is 4.93. The van der Waals surface area contributed by atoms with Gasteiger partial charge in [0.15, 0.2) is 0 Å². The Morgan fingerprint density at radius 1 is 1.03 bits per heavy atom. The molecule has 0 saturated carbocycles. The van der Waals surface area contributed by atoms with Crippen LogP contribution in [0, 0.1) is 0 Å². The normalized spacial score (nSPS) is 12.9. The summed E-state index contributed by atoms with van der Waals surface area (Å²) in [5.74, 6) is -1.60. The highest BCUT2D eigenvalue weighted by Crippen LogP contribution is 2.44. The van der Waals surface area contributed by atoms with Crippen LogP contribution < -0.4 is 5.32 Å². The van der Waals surface area contributed by atoms with E-state index in [0.29, 0.717) is 10.2 Å². The van der Waals surface area contributed by atoms with Crippen molar-refractivity contribution in [3.05, 3.63) is 87.9 Å². The first-order valence-electron chi connectivity index (χ1n) is 11.2. The van der Waals surface area contributed by atoms with Crippen LogP contribution in [0.1, 0.15) is 40.7 Å². The van der Waals surface area contributed by atoms with E-state index in [1.807, 2.05) is 36.4 Å². The molecule has 0 saturated heterocycles. The van der Waals surface area contributed by atoms with E-state index >= 15 is 0 Å². The van der Waals surface area contributed by atoms with Crippen molar-refractivity contribution in [1.82, 2.24) is 4.90 Å². The van der Waals surface area contributed by atoms with Crippen LogP contribution in [0.4, 0.5) is 10.5 Å². The number of nitrogens with one attached hydrogen (secondary N) is 1. The third-order valence-electron chi connectivity index (χ3n) is 6.25. The van der Waals surface area contributed by atoms with Gasteiger partial charge in [0.05, 0.1) is 5.69 Å². The molecule has 0 bridgehead atoms. The molecule has 8 heteroatoms. The summed E-state index contributed by atoms with van der Waals surface area (Å²) in [7, 11) is 1.45. The summed E-state index contributed by atoms with van der Waals surface area (Å²) < 4.78 is 6.15. The number of ether oxygens (including phenoxy) is 1. The Kier molecular flexibility index (Phi) is 7.21. The lowest BCUT2D eigenvalue weighted by molar-refractivity contribution is -0.142. The van der Waals surface area contributed by atoms with E-state index in [4.69, 9.17) is 4.74 Å². The third-order valence-corrected chi connectivity index (χ3v) is 6.94. The van der Waals surface area contributed by atoms with E-state index in [1.165, 1.54) is 18.0 Å². The first-order valence-corrected chi connectivity index (χ1v) is 12.0. The number of anilines is 1. The van der Waals surface area contributed by atoms with Gasteiger partial charge in [-0.15, -0.1) is 0 Å². The van der Waals surface area contributed by atoms with Crippen LogP contribution in [0.25, 0.3) is 11.1 Å². The topological polar surface area (TPSA) is 95.9 Å². The standard InChI is InChI=1S/C27H25BrN2O5/c1-3-24(26(32)33)30(2)25(31)16-12-13-22(28)23(14-16)29-27(34)35-15-21-19-10-6-4-8-17(19)18-9-5-7-11-20(18)21/h4-14,21,24H,3,15H2,1-2H3,(H,29,34)(H,32,33). The van der Waals surface area contributed by atoms with Crippen molar-refractivity contribution in [2.24, 2.45) is 0 Å². The van der Waals surface area contributed by atoms with Gasteiger partial charge in [0.2, 0.25) is 0 Å². The first-order chi connectivity index (χ1) is 16.8. The predicted octanol–water partition coefficient (Wildman–Crippen LogP) is 5.75. The number of carbonyl (C=O) groups is 3. The molecule has 2 amide bonds. The molecule has 1 aliphatic carbocycles. The minimum atomic E-state index is -1.07. The number of likely N-dealkylation sites (N-methyl/N-ethyl adjacent to an activating group) is 1. The number of amides is 2. The number of nitrogens with zero attached hydrogens (tertiary/aromatic N) is 1. The number of hydrogen-bond donors (Lipinski definition) is 2. The molecule has 2 N–H and O–H groups in total. The lowest BCUT2D eigenvalue weighted by Gasteiger charge is -2.24. The second-order valence-electron chi connectivity index (χ2n) is 8.32. The SMILES string of the molecule is CCC(C(=O)O)N(C)C(=O)c1ccc(Br)c(NC(=O)OCC2c3ccccc3-c3ccccc32)c1. The van der Waals surface area contributed by atoms with Gasteiger partial charge in [0.1, 0.15) is 12.6 Å². The van der Waals surface area contributed by atoms with Gasteiger partial charge in [-0.2, -0.15) is 0 Å². The van der Waals surface area contributed by atoms with Crippen LogP contribution in [0.15, 0.2) is 71.2 Å². The molecule has 0 fully saturated rings. The molecule has 180 valence electrons. The summed E-state index contributed by atoms with van der Waals surface area (Å²) in [6, 6.07) is 19.9. The number of halogens is 1. The lowest BCUT2D eigenvalue weighted by atomic mass is 9.98. The molecule has 0 radical (unpaired) electrons. The summed E-state index contributed by atoms with van der Waals surface area (Å²) in [5, 5.41) is 12.0. The van der Waals surface area contributed by atoms with E-state index < -0.39 is 24.0 Å². The van der Waals surface area contributed by atoms with Crippen molar-refractivity contribution in [3.63, 3.8) is 0 Å². The van der Waals surface area contributed by atoms with Gasteiger partial charge >= 0.3 is 12.1 Å². The average Bonchev–Trinajstić information content (AvgIpc) is 3.17. The monoisotopic (exact) mass is 536 g/mol. The van der Waals surface area contributed by atoms with E-state index in [0.717, 1.165) is 22.3 Å². The fourth-order valence-corrected chi connectivity index (χ4v) is 4.80. The van der Waals surface area contributed by atoms with Crippen LogP contribution in [0.2, 0.25) is 0 Å². The number of carboxylic acids is 1. The Labute approximate surface area is 211 Å². The Morgan fingerprint density at radius 2 is 1.63 bits per heavy atom. The Bertz CT molecular complexity index is 1250. The predicted molar refractivity (Wildman–Crippen MR) is 137 cm³/mol. The minimum Gasteiger partial charge on any atom is -0.480 e. The van der Waals surface area contributed by atoms with Crippen molar-refractivity contribution in [2.75, 3.05) is 19.0 Å². The van der Waals surface area contributed by atoms with Gasteiger partial charge in [-0.3, -0.25) is 10.1 Å². The highest BCUT2D eigenvalue weighted by Gasteiger charge is 2.29. The number of carbonyl (C=O) groups excluding carboxylic acids is 2. The van der Waals surface area contributed by atoms with E-state index in [2.05, 4.69) is 33.4 Å². The maximum absolute atomic E-state index is 12.8. The summed E-state index contributed by atoms with van der Waals surface area (Å²) >= 11 is 3.38. The largest absolute Gasteiger partial charge is 0.480 e. The number of fused-ring (bicyclic) bond motifs is 3. The number of aliphatic carboxylic acids is 1. The minimum absolute atomic E-state index is 0.0693. The van der Waals surface area contributed by atoms with Crippen LogP contribution in [-0.4, -0.2) is 47.7 Å². The first kappa shape index (κ1) is 24.5. The molecular formula is C27H25BrN2O5. The van der Waals surface area contributed by atoms with Gasteiger partial charge in [-0.1, -0.05) is 55.5 Å². The molecule has 1 atom stereocenters. The van der Waals surface area contributed by atoms with E-state index in [-0.39, 0.29) is 24.5 Å². The fourth-order valence-electron chi connectivity index (χ4n) is 4.46. The van der Waals surface area contributed by atoms with Crippen molar-refractivity contribution in [1.29, 1.82) is 0 Å². The zero-order valence-corrected chi connectivity index (χ0v) is 20.9. The van der Waals surface area contributed by atoms with Gasteiger partial charge in [-0.05, 0) is 62.8 Å². The zero-order chi connectivity index (χ0) is 25.1. The summed E-state index contributed by atoms with van der Waals surface area (Å²) in [6.07, 6.45) is -0.374. The van der Waals surface area contributed by atoms with Crippen molar-refractivity contribution in [3.8, 4) is 11.1 Å². The van der Waals surface area contributed by atoms with Crippen LogP contribution in [0.3, 0.4) is 0 Å². The van der Waals surface area contributed by atoms with Crippen LogP contribution >= 0.6 is 15.9 Å². The molecule has 0 spiro atoms. The Hall–Kier alpha value is -3.65. The van der Waals surface area contributed by atoms with Gasteiger partial charge < -0.3 is 14.7 Å². The van der Waals surface area contributed by atoms with Gasteiger partial charge in [-0.25, -0.2) is 9.59 Å². The molecular weight excluding hydrogens is 512 g/mol. The van der Waals surface area contributed by atoms with Gasteiger partial charge in [0.25, 0.3) is 5.91 Å². The zero-order valence-electron chi connectivity index (χ0n) is 19.3. The quantitative estimate of drug-likeness (QED) is 0.401. The number of hydrogen-bond acceptors (Lipinski definition) is 4. The summed E-state index contributed by atoms with van der Waals surface area (Å²) in [6.45, 7) is 1.86. The number of benzene rings is 3. The molecule has 4 rings (SSSR count). The highest BCUT2D eigenvalue weighted by atomic mass is 79.9. The Balaban J connectivity index is 1.47. The second kappa shape index (κ2) is 10.3. The number of carboxylic acid groups (broad SMARTS) is 1. The summed E-state index contributed by atoms with van der Waals surface area (Å²) in [4.78, 5) is 38.1. The smallest absolute Gasteiger partial charge is 0.411 e. The molecule has 0 aliphatic heterocycles. The molecule has 7 nitrogen and oxygen atoms in total. The molecule has 3 aromatic rings. The maximum Gasteiger partial charge on any atom is 0.411 e. The van der Waals surface area contributed by atoms with Crippen molar-refractivity contribution in [2.45, 2.75) is 25.3 Å².